The van der Waals surface area contributed by atoms with Crippen LogP contribution in [0.25, 0.3) is 0 Å². The molecule has 0 aromatic carbocycles. The summed E-state index contributed by atoms with van der Waals surface area (Å²) in [7, 11) is 0. The first-order chi connectivity index (χ1) is 7.74. The van der Waals surface area contributed by atoms with Crippen LogP contribution in [0.3, 0.4) is 0 Å². The van der Waals surface area contributed by atoms with E-state index < -0.39 is 22.7 Å². The standard InChI is InChI=1S/C7H3BrF3IN2O3/c8-2-3-6(14(15)16)4(1-5(12)13-3)17-7(9,10)11/h1H,2H2. The third-order valence-corrected chi connectivity index (χ3v) is 2.62. The van der Waals surface area contributed by atoms with Crippen LogP contribution in [0.15, 0.2) is 6.07 Å². The predicted octanol–water partition coefficient (Wildman–Crippen LogP) is 3.39. The molecular weight excluding hydrogens is 424 g/mol. The van der Waals surface area contributed by atoms with E-state index in [1.54, 1.807) is 22.6 Å². The maximum Gasteiger partial charge on any atom is 0.573 e. The Bertz CT molecular complexity index is 455. The van der Waals surface area contributed by atoms with Crippen molar-refractivity contribution in [2.24, 2.45) is 0 Å². The van der Waals surface area contributed by atoms with Crippen LogP contribution >= 0.6 is 38.5 Å². The van der Waals surface area contributed by atoms with Gasteiger partial charge in [0.25, 0.3) is 0 Å². The van der Waals surface area contributed by atoms with Crippen LogP contribution < -0.4 is 4.74 Å². The Hall–Kier alpha value is -0.650. The van der Waals surface area contributed by atoms with Gasteiger partial charge in [-0.2, -0.15) is 0 Å². The van der Waals surface area contributed by atoms with Crippen LogP contribution in [0, 0.1) is 13.8 Å². The van der Waals surface area contributed by atoms with E-state index in [1.165, 1.54) is 0 Å². The lowest BCUT2D eigenvalue weighted by atomic mass is 10.3. The van der Waals surface area contributed by atoms with Gasteiger partial charge in [-0.3, -0.25) is 10.1 Å². The summed E-state index contributed by atoms with van der Waals surface area (Å²) in [6.07, 6.45) is -4.99. The summed E-state index contributed by atoms with van der Waals surface area (Å²) in [5, 5.41) is 10.6. The van der Waals surface area contributed by atoms with Crippen LogP contribution in [-0.4, -0.2) is 16.3 Å². The fourth-order valence-electron chi connectivity index (χ4n) is 1.02. The fourth-order valence-corrected chi connectivity index (χ4v) is 1.99. The van der Waals surface area contributed by atoms with Crippen molar-refractivity contribution in [1.82, 2.24) is 4.98 Å². The maximum absolute atomic E-state index is 12.1. The molecule has 1 heterocycles. The van der Waals surface area contributed by atoms with Gasteiger partial charge >= 0.3 is 12.0 Å². The largest absolute Gasteiger partial charge is 0.573 e. The molecule has 0 radical (unpaired) electrons. The van der Waals surface area contributed by atoms with E-state index in [4.69, 9.17) is 0 Å². The van der Waals surface area contributed by atoms with Gasteiger partial charge in [-0.25, -0.2) is 4.98 Å². The highest BCUT2D eigenvalue weighted by molar-refractivity contribution is 14.1. The number of aromatic nitrogens is 1. The minimum absolute atomic E-state index is 0.0472. The fraction of sp³-hybridized carbons (Fsp3) is 0.286. The second kappa shape index (κ2) is 5.33. The molecule has 0 atom stereocenters. The summed E-state index contributed by atoms with van der Waals surface area (Å²) >= 11 is 4.56. The highest BCUT2D eigenvalue weighted by Crippen LogP contribution is 2.35. The highest BCUT2D eigenvalue weighted by atomic mass is 127. The number of halogens is 5. The van der Waals surface area contributed by atoms with E-state index in [0.717, 1.165) is 6.07 Å². The topological polar surface area (TPSA) is 65.3 Å². The molecule has 0 aliphatic carbocycles. The van der Waals surface area contributed by atoms with Gasteiger partial charge < -0.3 is 4.74 Å². The second-order valence-corrected chi connectivity index (χ2v) is 4.34. The summed E-state index contributed by atoms with van der Waals surface area (Å²) in [5.41, 5.74) is -0.916. The van der Waals surface area contributed by atoms with Crippen molar-refractivity contribution in [3.8, 4) is 5.75 Å². The SMILES string of the molecule is O=[N+]([O-])c1c(OC(F)(F)F)cc(I)nc1CBr. The van der Waals surface area contributed by atoms with E-state index in [9.17, 15) is 23.3 Å². The minimum Gasteiger partial charge on any atom is -0.398 e. The maximum atomic E-state index is 12.1. The lowest BCUT2D eigenvalue weighted by molar-refractivity contribution is -0.389. The summed E-state index contributed by atoms with van der Waals surface area (Å²) in [6.45, 7) is 0. The first-order valence-corrected chi connectivity index (χ1v) is 6.10. The Labute approximate surface area is 115 Å². The number of nitro groups is 1. The Kier molecular flexibility index (Phi) is 4.52. The van der Waals surface area contributed by atoms with Gasteiger partial charge in [-0.1, -0.05) is 15.9 Å². The molecule has 0 N–H and O–H groups in total. The summed E-state index contributed by atoms with van der Waals surface area (Å²) < 4.78 is 40.0. The number of pyridine rings is 1. The lowest BCUT2D eigenvalue weighted by Crippen LogP contribution is -2.18. The van der Waals surface area contributed by atoms with Crippen LogP contribution in [0.2, 0.25) is 0 Å². The van der Waals surface area contributed by atoms with E-state index in [2.05, 4.69) is 25.7 Å². The number of alkyl halides is 4. The Morgan fingerprint density at radius 3 is 2.59 bits per heavy atom. The first kappa shape index (κ1) is 14.4. The molecule has 0 aliphatic rings. The van der Waals surface area contributed by atoms with E-state index in [0.29, 0.717) is 0 Å². The van der Waals surface area contributed by atoms with Crippen molar-refractivity contribution in [2.45, 2.75) is 11.7 Å². The van der Waals surface area contributed by atoms with Gasteiger partial charge in [0.2, 0.25) is 5.75 Å². The van der Waals surface area contributed by atoms with E-state index in [-0.39, 0.29) is 14.7 Å². The van der Waals surface area contributed by atoms with Crippen molar-refractivity contribution in [3.05, 3.63) is 25.6 Å². The molecule has 10 heteroatoms. The number of ether oxygens (including phenoxy) is 1. The Balaban J connectivity index is 3.35. The van der Waals surface area contributed by atoms with Gasteiger partial charge in [-0.05, 0) is 22.6 Å². The summed E-state index contributed by atoms with van der Waals surface area (Å²) in [5.74, 6) is -0.864. The normalized spacial score (nSPS) is 11.4. The molecule has 17 heavy (non-hydrogen) atoms. The van der Waals surface area contributed by atoms with Crippen molar-refractivity contribution in [3.63, 3.8) is 0 Å². The van der Waals surface area contributed by atoms with Gasteiger partial charge in [0.1, 0.15) is 9.39 Å². The van der Waals surface area contributed by atoms with Crippen molar-refractivity contribution < 1.29 is 22.8 Å². The number of hydrogen-bond acceptors (Lipinski definition) is 4. The van der Waals surface area contributed by atoms with Crippen LogP contribution in [0.5, 0.6) is 5.75 Å². The Morgan fingerprint density at radius 2 is 2.18 bits per heavy atom. The van der Waals surface area contributed by atoms with Crippen molar-refractivity contribution in [1.29, 1.82) is 0 Å². The zero-order chi connectivity index (χ0) is 13.2. The molecule has 0 aliphatic heterocycles. The molecule has 0 saturated heterocycles. The monoisotopic (exact) mass is 426 g/mol. The molecule has 0 unspecified atom stereocenters. The average Bonchev–Trinajstić information content (AvgIpc) is 2.12. The molecule has 0 saturated carbocycles. The van der Waals surface area contributed by atoms with Crippen LogP contribution in [0.1, 0.15) is 5.69 Å². The molecule has 0 spiro atoms. The average molecular weight is 427 g/mol. The van der Waals surface area contributed by atoms with Gasteiger partial charge in [-0.15, -0.1) is 13.2 Å². The molecule has 5 nitrogen and oxygen atoms in total. The van der Waals surface area contributed by atoms with Crippen LogP contribution in [0.4, 0.5) is 18.9 Å². The summed E-state index contributed by atoms with van der Waals surface area (Å²) in [6, 6.07) is 0.859. The first-order valence-electron chi connectivity index (χ1n) is 3.90. The molecule has 94 valence electrons. The molecule has 1 aromatic rings. The number of nitrogens with zero attached hydrogens (tertiary/aromatic N) is 2. The molecule has 0 bridgehead atoms. The zero-order valence-corrected chi connectivity index (χ0v) is 11.5. The number of hydrogen-bond donors (Lipinski definition) is 0. The molecule has 0 fully saturated rings. The lowest BCUT2D eigenvalue weighted by Gasteiger charge is -2.10. The van der Waals surface area contributed by atoms with Crippen LogP contribution in [-0.2, 0) is 5.33 Å². The third-order valence-electron chi connectivity index (χ3n) is 1.53. The number of rotatable bonds is 3. The van der Waals surface area contributed by atoms with Crippen molar-refractivity contribution in [2.75, 3.05) is 0 Å². The summed E-state index contributed by atoms with van der Waals surface area (Å²) in [4.78, 5) is 13.5. The van der Waals surface area contributed by atoms with Gasteiger partial charge in [0.15, 0.2) is 0 Å². The zero-order valence-electron chi connectivity index (χ0n) is 7.79. The van der Waals surface area contributed by atoms with Gasteiger partial charge in [0.05, 0.1) is 10.3 Å². The predicted molar refractivity (Wildman–Crippen MR) is 62.9 cm³/mol. The highest BCUT2D eigenvalue weighted by Gasteiger charge is 2.36. The van der Waals surface area contributed by atoms with Crippen molar-refractivity contribution >= 4 is 44.2 Å². The third kappa shape index (κ3) is 3.94. The molecular formula is C7H3BrF3IN2O3. The second-order valence-electron chi connectivity index (χ2n) is 2.68. The molecule has 0 amide bonds. The minimum atomic E-state index is -4.99. The Morgan fingerprint density at radius 1 is 1.59 bits per heavy atom. The quantitative estimate of drug-likeness (QED) is 0.244. The van der Waals surface area contributed by atoms with E-state index >= 15 is 0 Å². The van der Waals surface area contributed by atoms with E-state index in [1.807, 2.05) is 0 Å². The smallest absolute Gasteiger partial charge is 0.398 e. The van der Waals surface area contributed by atoms with Gasteiger partial charge in [0, 0.05) is 6.07 Å². The molecule has 1 aromatic heterocycles. The molecule has 1 rings (SSSR count).